The molecule has 106 valence electrons. The molecule has 4 nitrogen and oxygen atoms in total. The smallest absolute Gasteiger partial charge is 0.255 e. The molecule has 21 heavy (non-hydrogen) atoms. The molecule has 0 atom stereocenters. The van der Waals surface area contributed by atoms with Gasteiger partial charge in [0, 0.05) is 23.0 Å². The van der Waals surface area contributed by atoms with Crippen LogP contribution in [0.2, 0.25) is 0 Å². The van der Waals surface area contributed by atoms with E-state index in [1.165, 1.54) is 0 Å². The molecule has 0 fully saturated rings. The van der Waals surface area contributed by atoms with Crippen molar-refractivity contribution in [3.05, 3.63) is 58.7 Å². The number of fused-ring (bicyclic) bond motifs is 1. The zero-order valence-electron chi connectivity index (χ0n) is 11.3. The van der Waals surface area contributed by atoms with Gasteiger partial charge in [0.2, 0.25) is 0 Å². The molecule has 0 bridgehead atoms. The van der Waals surface area contributed by atoms with Gasteiger partial charge < -0.3 is 15.0 Å². The summed E-state index contributed by atoms with van der Waals surface area (Å²) >= 11 is 3.40. The first kappa shape index (κ1) is 13.7. The summed E-state index contributed by atoms with van der Waals surface area (Å²) in [4.78, 5) is 15.4. The zero-order chi connectivity index (χ0) is 14.8. The number of aromatic nitrogens is 1. The van der Waals surface area contributed by atoms with Gasteiger partial charge in [0.1, 0.15) is 5.75 Å². The Balaban J connectivity index is 1.83. The third-order valence-corrected chi connectivity index (χ3v) is 3.85. The molecule has 0 aliphatic carbocycles. The minimum absolute atomic E-state index is 0.149. The van der Waals surface area contributed by atoms with Gasteiger partial charge in [0.05, 0.1) is 11.6 Å². The van der Waals surface area contributed by atoms with Crippen LogP contribution >= 0.6 is 15.9 Å². The minimum Gasteiger partial charge on any atom is -0.496 e. The van der Waals surface area contributed by atoms with Crippen LogP contribution in [-0.2, 0) is 0 Å². The van der Waals surface area contributed by atoms with Crippen LogP contribution in [0, 0.1) is 0 Å². The summed E-state index contributed by atoms with van der Waals surface area (Å²) in [6.07, 6.45) is 1.85. The molecule has 3 aromatic rings. The first-order chi connectivity index (χ1) is 10.2. The van der Waals surface area contributed by atoms with Gasteiger partial charge in [-0.05, 0) is 57.7 Å². The lowest BCUT2D eigenvalue weighted by Crippen LogP contribution is -2.11. The number of hydrogen-bond acceptors (Lipinski definition) is 2. The van der Waals surface area contributed by atoms with Gasteiger partial charge in [-0.3, -0.25) is 4.79 Å². The van der Waals surface area contributed by atoms with Crippen LogP contribution in [-0.4, -0.2) is 18.0 Å². The molecule has 0 saturated carbocycles. The number of carbonyl (C=O) groups excluding carboxylic acids is 1. The maximum Gasteiger partial charge on any atom is 0.255 e. The van der Waals surface area contributed by atoms with Crippen LogP contribution in [0.5, 0.6) is 5.75 Å². The Labute approximate surface area is 130 Å². The summed E-state index contributed by atoms with van der Waals surface area (Å²) in [7, 11) is 1.60. The van der Waals surface area contributed by atoms with Gasteiger partial charge in [-0.15, -0.1) is 0 Å². The van der Waals surface area contributed by atoms with Crippen molar-refractivity contribution in [3.63, 3.8) is 0 Å². The second kappa shape index (κ2) is 5.61. The van der Waals surface area contributed by atoms with Gasteiger partial charge in [0.25, 0.3) is 5.91 Å². The van der Waals surface area contributed by atoms with Crippen LogP contribution in [0.25, 0.3) is 10.9 Å². The Morgan fingerprint density at radius 2 is 2.05 bits per heavy atom. The average molecular weight is 345 g/mol. The number of anilines is 1. The van der Waals surface area contributed by atoms with Crippen LogP contribution in [0.1, 0.15) is 10.4 Å². The number of ether oxygens (including phenoxy) is 1. The number of amides is 1. The van der Waals surface area contributed by atoms with Gasteiger partial charge >= 0.3 is 0 Å². The topological polar surface area (TPSA) is 54.1 Å². The summed E-state index contributed by atoms with van der Waals surface area (Å²) in [6, 6.07) is 12.9. The Bertz CT molecular complexity index is 811. The van der Waals surface area contributed by atoms with Crippen molar-refractivity contribution in [2.45, 2.75) is 0 Å². The van der Waals surface area contributed by atoms with Crippen molar-refractivity contribution >= 4 is 38.4 Å². The number of rotatable bonds is 3. The van der Waals surface area contributed by atoms with Gasteiger partial charge in [-0.25, -0.2) is 0 Å². The van der Waals surface area contributed by atoms with E-state index in [1.54, 1.807) is 19.2 Å². The molecule has 1 amide bonds. The van der Waals surface area contributed by atoms with E-state index in [0.717, 1.165) is 21.1 Å². The predicted octanol–water partition coefficient (Wildman–Crippen LogP) is 4.19. The Morgan fingerprint density at radius 3 is 2.81 bits per heavy atom. The van der Waals surface area contributed by atoms with E-state index in [0.29, 0.717) is 11.3 Å². The number of methoxy groups -OCH3 is 1. The molecule has 1 aromatic heterocycles. The minimum atomic E-state index is -0.149. The molecule has 0 spiro atoms. The Morgan fingerprint density at radius 1 is 1.19 bits per heavy atom. The molecule has 0 unspecified atom stereocenters. The number of hydrogen-bond donors (Lipinski definition) is 2. The summed E-state index contributed by atoms with van der Waals surface area (Å²) in [6.45, 7) is 0. The third kappa shape index (κ3) is 2.78. The molecule has 2 N–H and O–H groups in total. The molecule has 0 aliphatic heterocycles. The largest absolute Gasteiger partial charge is 0.496 e. The maximum atomic E-state index is 12.3. The molecule has 0 radical (unpaired) electrons. The molecule has 3 rings (SSSR count). The molecular formula is C16H13BrN2O2. The first-order valence-electron chi connectivity index (χ1n) is 6.39. The first-order valence-corrected chi connectivity index (χ1v) is 7.19. The highest BCUT2D eigenvalue weighted by atomic mass is 79.9. The highest BCUT2D eigenvalue weighted by molar-refractivity contribution is 9.10. The lowest BCUT2D eigenvalue weighted by molar-refractivity contribution is 0.102. The van der Waals surface area contributed by atoms with E-state index in [-0.39, 0.29) is 5.91 Å². The van der Waals surface area contributed by atoms with E-state index in [4.69, 9.17) is 4.74 Å². The summed E-state index contributed by atoms with van der Waals surface area (Å²) < 4.78 is 5.96. The quantitative estimate of drug-likeness (QED) is 0.748. The fourth-order valence-corrected chi connectivity index (χ4v) is 2.68. The predicted molar refractivity (Wildman–Crippen MR) is 86.9 cm³/mol. The van der Waals surface area contributed by atoms with Crippen LogP contribution in [0.15, 0.2) is 53.1 Å². The summed E-state index contributed by atoms with van der Waals surface area (Å²) in [5, 5.41) is 3.95. The molecule has 1 heterocycles. The average Bonchev–Trinajstić information content (AvgIpc) is 2.94. The van der Waals surface area contributed by atoms with Crippen LogP contribution in [0.3, 0.4) is 0 Å². The number of H-pyrrole nitrogens is 1. The van der Waals surface area contributed by atoms with E-state index >= 15 is 0 Å². The van der Waals surface area contributed by atoms with E-state index < -0.39 is 0 Å². The molecule has 0 saturated heterocycles. The lowest BCUT2D eigenvalue weighted by atomic mass is 10.1. The maximum absolute atomic E-state index is 12.3. The van der Waals surface area contributed by atoms with Crippen molar-refractivity contribution in [1.29, 1.82) is 0 Å². The number of halogens is 1. The second-order valence-corrected chi connectivity index (χ2v) is 5.44. The van der Waals surface area contributed by atoms with Crippen molar-refractivity contribution in [3.8, 4) is 5.75 Å². The van der Waals surface area contributed by atoms with Crippen molar-refractivity contribution < 1.29 is 9.53 Å². The Hall–Kier alpha value is -2.27. The zero-order valence-corrected chi connectivity index (χ0v) is 12.9. The van der Waals surface area contributed by atoms with Crippen LogP contribution in [0.4, 0.5) is 5.69 Å². The van der Waals surface area contributed by atoms with Crippen molar-refractivity contribution in [2.24, 2.45) is 0 Å². The SMILES string of the molecule is COc1ccc(NC(=O)c2ccc3cc[nH]c3c2)cc1Br. The van der Waals surface area contributed by atoms with E-state index in [9.17, 15) is 4.79 Å². The monoisotopic (exact) mass is 344 g/mol. The molecule has 5 heteroatoms. The lowest BCUT2D eigenvalue weighted by Gasteiger charge is -2.08. The second-order valence-electron chi connectivity index (χ2n) is 4.58. The number of nitrogens with one attached hydrogen (secondary N) is 2. The van der Waals surface area contributed by atoms with E-state index in [1.807, 2.05) is 36.5 Å². The number of aromatic amines is 1. The molecular weight excluding hydrogens is 332 g/mol. The van der Waals surface area contributed by atoms with Gasteiger partial charge in [-0.2, -0.15) is 0 Å². The highest BCUT2D eigenvalue weighted by Crippen LogP contribution is 2.28. The number of carbonyl (C=O) groups is 1. The normalized spacial score (nSPS) is 10.6. The standard InChI is InChI=1S/C16H13BrN2O2/c1-21-15-5-4-12(9-13(15)17)19-16(20)11-3-2-10-6-7-18-14(10)8-11/h2-9,18H,1H3,(H,19,20). The van der Waals surface area contributed by atoms with Crippen molar-refractivity contribution in [1.82, 2.24) is 4.98 Å². The number of benzene rings is 2. The summed E-state index contributed by atoms with van der Waals surface area (Å²) in [5.41, 5.74) is 2.26. The third-order valence-electron chi connectivity index (χ3n) is 3.23. The van der Waals surface area contributed by atoms with Gasteiger partial charge in [-0.1, -0.05) is 6.07 Å². The van der Waals surface area contributed by atoms with Gasteiger partial charge in [0.15, 0.2) is 0 Å². The Kier molecular flexibility index (Phi) is 3.66. The fourth-order valence-electron chi connectivity index (χ4n) is 2.14. The summed E-state index contributed by atoms with van der Waals surface area (Å²) in [5.74, 6) is 0.573. The van der Waals surface area contributed by atoms with Crippen LogP contribution < -0.4 is 10.1 Å². The van der Waals surface area contributed by atoms with E-state index in [2.05, 4.69) is 26.2 Å². The highest BCUT2D eigenvalue weighted by Gasteiger charge is 2.09. The van der Waals surface area contributed by atoms with Crippen molar-refractivity contribution in [2.75, 3.05) is 12.4 Å². The fraction of sp³-hybridized carbons (Fsp3) is 0.0625. The molecule has 0 aliphatic rings. The molecule has 2 aromatic carbocycles.